The first-order valence-corrected chi connectivity index (χ1v) is 6.07. The molecule has 1 atom stereocenters. The molecule has 15 heavy (non-hydrogen) atoms. The lowest BCUT2D eigenvalue weighted by Gasteiger charge is -2.31. The number of nitrogens with two attached hydrogens (primary N) is 1. The monoisotopic (exact) mass is 211 g/mol. The van der Waals surface area contributed by atoms with Crippen LogP contribution in [0.15, 0.2) is 0 Å². The number of hydrogen-bond acceptors (Lipinski definition) is 2. The average molecular weight is 211 g/mol. The minimum atomic E-state index is 0.0945. The predicted octanol–water partition coefficient (Wildman–Crippen LogP) is 1.06. The zero-order valence-corrected chi connectivity index (χ0v) is 9.24. The van der Waals surface area contributed by atoms with Gasteiger partial charge in [-0.15, -0.1) is 0 Å². The van der Waals surface area contributed by atoms with Gasteiger partial charge in [0.05, 0.1) is 0 Å². The van der Waals surface area contributed by atoms with Crippen molar-refractivity contribution in [3.05, 3.63) is 0 Å². The van der Waals surface area contributed by atoms with Crippen LogP contribution in [0.2, 0.25) is 0 Å². The first-order valence-electron chi connectivity index (χ1n) is 6.07. The van der Waals surface area contributed by atoms with Gasteiger partial charge >= 0.3 is 6.03 Å². The Labute approximate surface area is 91.2 Å². The first-order chi connectivity index (χ1) is 7.25. The molecule has 0 aromatic rings. The van der Waals surface area contributed by atoms with Gasteiger partial charge in [-0.25, -0.2) is 4.79 Å². The maximum atomic E-state index is 11.9. The highest BCUT2D eigenvalue weighted by molar-refractivity contribution is 5.74. The minimum Gasteiger partial charge on any atom is -0.335 e. The van der Waals surface area contributed by atoms with E-state index in [0.717, 1.165) is 38.8 Å². The summed E-state index contributed by atoms with van der Waals surface area (Å²) >= 11 is 0. The molecular weight excluding hydrogens is 190 g/mol. The largest absolute Gasteiger partial charge is 0.335 e. The van der Waals surface area contributed by atoms with Crippen molar-refractivity contribution in [1.29, 1.82) is 0 Å². The van der Waals surface area contributed by atoms with E-state index in [9.17, 15) is 4.79 Å². The lowest BCUT2D eigenvalue weighted by Crippen LogP contribution is -2.51. The van der Waals surface area contributed by atoms with Gasteiger partial charge in [-0.3, -0.25) is 0 Å². The minimum absolute atomic E-state index is 0.0945. The van der Waals surface area contributed by atoms with Crippen LogP contribution in [0.5, 0.6) is 0 Å². The summed E-state index contributed by atoms with van der Waals surface area (Å²) in [4.78, 5) is 13.7. The number of nitrogens with zero attached hydrogens (tertiary/aromatic N) is 1. The van der Waals surface area contributed by atoms with E-state index >= 15 is 0 Å². The molecule has 2 aliphatic rings. The van der Waals surface area contributed by atoms with Crippen LogP contribution in [0.25, 0.3) is 0 Å². The van der Waals surface area contributed by atoms with Crippen molar-refractivity contribution in [3.63, 3.8) is 0 Å². The molecule has 86 valence electrons. The second-order valence-electron chi connectivity index (χ2n) is 4.78. The molecule has 4 nitrogen and oxygen atoms in total. The Balaban J connectivity index is 1.78. The number of likely N-dealkylation sites (tertiary alicyclic amines) is 1. The van der Waals surface area contributed by atoms with Gasteiger partial charge < -0.3 is 16.0 Å². The Bertz CT molecular complexity index is 226. The summed E-state index contributed by atoms with van der Waals surface area (Å²) in [5.41, 5.74) is 5.85. The lowest BCUT2D eigenvalue weighted by atomic mass is 10.1. The fourth-order valence-electron chi connectivity index (χ4n) is 2.53. The van der Waals surface area contributed by atoms with E-state index in [1.807, 2.05) is 4.90 Å². The standard InChI is InChI=1S/C11H21N3O/c12-9-4-3-7-14(8-9)11(15)13-10-5-1-2-6-10/h9-10H,1-8,12H2,(H,13,15)/t9-/m1/s1. The fourth-order valence-corrected chi connectivity index (χ4v) is 2.53. The highest BCUT2D eigenvalue weighted by atomic mass is 16.2. The Morgan fingerprint density at radius 3 is 2.60 bits per heavy atom. The maximum absolute atomic E-state index is 11.9. The van der Waals surface area contributed by atoms with Crippen LogP contribution >= 0.6 is 0 Å². The van der Waals surface area contributed by atoms with Gasteiger partial charge in [-0.2, -0.15) is 0 Å². The molecule has 1 heterocycles. The number of urea groups is 1. The molecule has 0 bridgehead atoms. The third kappa shape index (κ3) is 2.84. The number of nitrogens with one attached hydrogen (secondary N) is 1. The summed E-state index contributed by atoms with van der Waals surface area (Å²) in [6.45, 7) is 1.59. The van der Waals surface area contributed by atoms with Crippen LogP contribution in [0.3, 0.4) is 0 Å². The van der Waals surface area contributed by atoms with Crippen LogP contribution < -0.4 is 11.1 Å². The number of carbonyl (C=O) groups is 1. The zero-order valence-electron chi connectivity index (χ0n) is 9.24. The number of carbonyl (C=O) groups excluding carboxylic acids is 1. The van der Waals surface area contributed by atoms with Crippen LogP contribution in [-0.4, -0.2) is 36.1 Å². The van der Waals surface area contributed by atoms with Gasteiger partial charge in [0.1, 0.15) is 0 Å². The molecule has 0 aromatic heterocycles. The summed E-state index contributed by atoms with van der Waals surface area (Å²) < 4.78 is 0. The summed E-state index contributed by atoms with van der Waals surface area (Å²) in [5.74, 6) is 0. The molecule has 4 heteroatoms. The van der Waals surface area contributed by atoms with Crippen molar-refractivity contribution in [2.45, 2.75) is 50.6 Å². The molecule has 3 N–H and O–H groups in total. The highest BCUT2D eigenvalue weighted by Gasteiger charge is 2.24. The smallest absolute Gasteiger partial charge is 0.317 e. The summed E-state index contributed by atoms with van der Waals surface area (Å²) in [6.07, 6.45) is 6.89. The lowest BCUT2D eigenvalue weighted by molar-refractivity contribution is 0.176. The number of amides is 2. The Morgan fingerprint density at radius 1 is 1.20 bits per heavy atom. The summed E-state index contributed by atoms with van der Waals surface area (Å²) in [6, 6.07) is 0.681. The Hall–Kier alpha value is -0.770. The van der Waals surface area contributed by atoms with E-state index in [0.29, 0.717) is 6.04 Å². The molecule has 1 saturated carbocycles. The fraction of sp³-hybridized carbons (Fsp3) is 0.909. The van der Waals surface area contributed by atoms with Gasteiger partial charge in [0.25, 0.3) is 0 Å². The molecule has 0 spiro atoms. The molecule has 1 saturated heterocycles. The third-order valence-electron chi connectivity index (χ3n) is 3.43. The zero-order chi connectivity index (χ0) is 10.7. The van der Waals surface area contributed by atoms with Crippen LogP contribution in [0.4, 0.5) is 4.79 Å². The van der Waals surface area contributed by atoms with Gasteiger partial charge in [0, 0.05) is 25.2 Å². The number of piperidine rings is 1. The molecule has 0 radical (unpaired) electrons. The first kappa shape index (κ1) is 10.7. The normalized spacial score (nSPS) is 28.1. The van der Waals surface area contributed by atoms with Crippen LogP contribution in [0.1, 0.15) is 38.5 Å². The van der Waals surface area contributed by atoms with Gasteiger partial charge in [-0.05, 0) is 25.7 Å². The Morgan fingerprint density at radius 2 is 1.93 bits per heavy atom. The van der Waals surface area contributed by atoms with E-state index in [-0.39, 0.29) is 12.1 Å². The van der Waals surface area contributed by atoms with E-state index in [4.69, 9.17) is 5.73 Å². The van der Waals surface area contributed by atoms with Gasteiger partial charge in [-0.1, -0.05) is 12.8 Å². The quantitative estimate of drug-likeness (QED) is 0.681. The second-order valence-corrected chi connectivity index (χ2v) is 4.78. The van der Waals surface area contributed by atoms with Gasteiger partial charge in [0.2, 0.25) is 0 Å². The van der Waals surface area contributed by atoms with Crippen LogP contribution in [0, 0.1) is 0 Å². The van der Waals surface area contributed by atoms with E-state index in [2.05, 4.69) is 5.32 Å². The number of rotatable bonds is 1. The SMILES string of the molecule is N[C@@H]1CCCN(C(=O)NC2CCCC2)C1. The van der Waals surface area contributed by atoms with Gasteiger partial charge in [0.15, 0.2) is 0 Å². The predicted molar refractivity (Wildman–Crippen MR) is 59.6 cm³/mol. The molecule has 0 unspecified atom stereocenters. The van der Waals surface area contributed by atoms with Crippen molar-refractivity contribution in [1.82, 2.24) is 10.2 Å². The number of hydrogen-bond donors (Lipinski definition) is 2. The van der Waals surface area contributed by atoms with E-state index in [1.165, 1.54) is 12.8 Å². The molecular formula is C11H21N3O. The van der Waals surface area contributed by atoms with E-state index in [1.54, 1.807) is 0 Å². The van der Waals surface area contributed by atoms with Crippen molar-refractivity contribution in [2.24, 2.45) is 5.73 Å². The Kier molecular flexibility index (Phi) is 3.46. The third-order valence-corrected chi connectivity index (χ3v) is 3.43. The summed E-state index contributed by atoms with van der Waals surface area (Å²) in [5, 5.41) is 3.10. The van der Waals surface area contributed by atoms with Crippen molar-refractivity contribution in [3.8, 4) is 0 Å². The van der Waals surface area contributed by atoms with Crippen molar-refractivity contribution >= 4 is 6.03 Å². The summed E-state index contributed by atoms with van der Waals surface area (Å²) in [7, 11) is 0. The molecule has 2 fully saturated rings. The van der Waals surface area contributed by atoms with Crippen LogP contribution in [-0.2, 0) is 0 Å². The molecule has 1 aliphatic carbocycles. The van der Waals surface area contributed by atoms with E-state index < -0.39 is 0 Å². The van der Waals surface area contributed by atoms with Crippen molar-refractivity contribution in [2.75, 3.05) is 13.1 Å². The van der Waals surface area contributed by atoms with Crippen molar-refractivity contribution < 1.29 is 4.79 Å². The molecule has 2 amide bonds. The molecule has 0 aromatic carbocycles. The average Bonchev–Trinajstić information content (AvgIpc) is 2.70. The highest BCUT2D eigenvalue weighted by Crippen LogP contribution is 2.18. The second kappa shape index (κ2) is 4.84. The molecule has 2 rings (SSSR count). The topological polar surface area (TPSA) is 58.4 Å². The maximum Gasteiger partial charge on any atom is 0.317 e. The molecule has 1 aliphatic heterocycles.